The second kappa shape index (κ2) is 5.87. The fraction of sp³-hybridized carbons (Fsp3) is 0.357. The maximum absolute atomic E-state index is 5.90. The van der Waals surface area contributed by atoms with E-state index in [4.69, 9.17) is 16.3 Å². The molecule has 0 aliphatic heterocycles. The van der Waals surface area contributed by atoms with Gasteiger partial charge in [-0.25, -0.2) is 4.98 Å². The lowest BCUT2D eigenvalue weighted by molar-refractivity contribution is 0.301. The predicted molar refractivity (Wildman–Crippen MR) is 71.7 cm³/mol. The van der Waals surface area contributed by atoms with Gasteiger partial charge in [0.15, 0.2) is 0 Å². The Balaban J connectivity index is 2.37. The van der Waals surface area contributed by atoms with Gasteiger partial charge in [-0.1, -0.05) is 31.5 Å². The van der Waals surface area contributed by atoms with Crippen LogP contribution in [-0.4, -0.2) is 11.6 Å². The third-order valence-corrected chi connectivity index (χ3v) is 3.01. The molecule has 0 N–H and O–H groups in total. The molecule has 2 rings (SSSR count). The minimum Gasteiger partial charge on any atom is -0.477 e. The molecular formula is C14H16ClNO. The Hall–Kier alpha value is -1.28. The van der Waals surface area contributed by atoms with Gasteiger partial charge in [-0.3, -0.25) is 0 Å². The lowest BCUT2D eigenvalue weighted by atomic mass is 10.1. The van der Waals surface area contributed by atoms with Gasteiger partial charge in [0.2, 0.25) is 5.88 Å². The van der Waals surface area contributed by atoms with Crippen molar-refractivity contribution >= 4 is 22.4 Å². The molecule has 17 heavy (non-hydrogen) atoms. The van der Waals surface area contributed by atoms with E-state index in [0.717, 1.165) is 29.2 Å². The Kier molecular flexibility index (Phi) is 4.21. The first-order chi connectivity index (χ1) is 8.36. The van der Waals surface area contributed by atoms with Gasteiger partial charge >= 0.3 is 0 Å². The summed E-state index contributed by atoms with van der Waals surface area (Å²) < 4.78 is 5.70. The van der Waals surface area contributed by atoms with E-state index in [1.165, 1.54) is 0 Å². The molecule has 1 aromatic heterocycles. The number of hydrogen-bond acceptors (Lipinski definition) is 2. The van der Waals surface area contributed by atoms with Crippen LogP contribution in [-0.2, 0) is 5.88 Å². The highest BCUT2D eigenvalue weighted by Crippen LogP contribution is 2.27. The standard InChI is InChI=1S/C14H16ClNO/c1-2-3-8-17-14-13-7-5-4-6-12(13)11(9-15)10-16-14/h4-7,10H,2-3,8-9H2,1H3. The number of rotatable bonds is 5. The quantitative estimate of drug-likeness (QED) is 0.587. The smallest absolute Gasteiger partial charge is 0.221 e. The van der Waals surface area contributed by atoms with Crippen LogP contribution < -0.4 is 4.74 Å². The Morgan fingerprint density at radius 2 is 2.00 bits per heavy atom. The number of alkyl halides is 1. The first kappa shape index (κ1) is 12.2. The number of ether oxygens (including phenoxy) is 1. The number of fused-ring (bicyclic) bond motifs is 1. The summed E-state index contributed by atoms with van der Waals surface area (Å²) >= 11 is 5.90. The van der Waals surface area contributed by atoms with Crippen molar-refractivity contribution in [2.24, 2.45) is 0 Å². The monoisotopic (exact) mass is 249 g/mol. The van der Waals surface area contributed by atoms with Crippen LogP contribution in [0, 0.1) is 0 Å². The first-order valence-corrected chi connectivity index (χ1v) is 6.45. The Labute approximate surface area is 107 Å². The van der Waals surface area contributed by atoms with Gasteiger partial charge in [0.05, 0.1) is 6.61 Å². The fourth-order valence-electron chi connectivity index (χ4n) is 1.76. The summed E-state index contributed by atoms with van der Waals surface area (Å²) in [4.78, 5) is 4.34. The minimum absolute atomic E-state index is 0.475. The summed E-state index contributed by atoms with van der Waals surface area (Å²) in [6.45, 7) is 2.86. The van der Waals surface area contributed by atoms with Gasteiger partial charge in [0.25, 0.3) is 0 Å². The molecule has 0 aliphatic carbocycles. The highest BCUT2D eigenvalue weighted by Gasteiger charge is 2.07. The van der Waals surface area contributed by atoms with E-state index in [1.807, 2.05) is 18.2 Å². The Morgan fingerprint density at radius 3 is 2.71 bits per heavy atom. The van der Waals surface area contributed by atoms with E-state index < -0.39 is 0 Å². The second-order valence-electron chi connectivity index (χ2n) is 3.97. The third kappa shape index (κ3) is 2.70. The summed E-state index contributed by atoms with van der Waals surface area (Å²) in [5.41, 5.74) is 1.05. The summed E-state index contributed by atoms with van der Waals surface area (Å²) in [5, 5.41) is 2.17. The van der Waals surface area contributed by atoms with Crippen LogP contribution in [0.5, 0.6) is 5.88 Å². The SMILES string of the molecule is CCCCOc1ncc(CCl)c2ccccc12. The number of pyridine rings is 1. The van der Waals surface area contributed by atoms with Gasteiger partial charge in [-0.15, -0.1) is 11.6 Å². The topological polar surface area (TPSA) is 22.1 Å². The average molecular weight is 250 g/mol. The van der Waals surface area contributed by atoms with Crippen molar-refractivity contribution in [1.29, 1.82) is 0 Å². The summed E-state index contributed by atoms with van der Waals surface area (Å²) in [6.07, 6.45) is 3.97. The molecule has 1 aromatic carbocycles. The van der Waals surface area contributed by atoms with Crippen LogP contribution >= 0.6 is 11.6 Å². The van der Waals surface area contributed by atoms with E-state index >= 15 is 0 Å². The molecule has 90 valence electrons. The van der Waals surface area contributed by atoms with Gasteiger partial charge in [0, 0.05) is 17.5 Å². The molecule has 0 saturated heterocycles. The highest BCUT2D eigenvalue weighted by molar-refractivity contribution is 6.18. The summed E-state index contributed by atoms with van der Waals surface area (Å²) in [7, 11) is 0. The van der Waals surface area contributed by atoms with E-state index in [0.29, 0.717) is 18.4 Å². The molecular weight excluding hydrogens is 234 g/mol. The molecule has 0 spiro atoms. The van der Waals surface area contributed by atoms with Crippen molar-refractivity contribution in [2.45, 2.75) is 25.6 Å². The van der Waals surface area contributed by atoms with Gasteiger partial charge < -0.3 is 4.74 Å². The lowest BCUT2D eigenvalue weighted by Crippen LogP contribution is -2.00. The number of hydrogen-bond donors (Lipinski definition) is 0. The van der Waals surface area contributed by atoms with E-state index in [2.05, 4.69) is 18.0 Å². The van der Waals surface area contributed by atoms with Crippen molar-refractivity contribution in [3.63, 3.8) is 0 Å². The molecule has 0 aliphatic rings. The molecule has 0 atom stereocenters. The molecule has 0 saturated carbocycles. The molecule has 0 radical (unpaired) electrons. The summed E-state index contributed by atoms with van der Waals surface area (Å²) in [5.74, 6) is 1.19. The number of benzene rings is 1. The maximum atomic E-state index is 5.90. The lowest BCUT2D eigenvalue weighted by Gasteiger charge is -2.09. The molecule has 2 nitrogen and oxygen atoms in total. The van der Waals surface area contributed by atoms with E-state index in [-0.39, 0.29) is 0 Å². The van der Waals surface area contributed by atoms with E-state index in [9.17, 15) is 0 Å². The zero-order valence-corrected chi connectivity index (χ0v) is 10.7. The van der Waals surface area contributed by atoms with Crippen molar-refractivity contribution in [3.8, 4) is 5.88 Å². The zero-order valence-electron chi connectivity index (χ0n) is 9.95. The second-order valence-corrected chi connectivity index (χ2v) is 4.24. The normalized spacial score (nSPS) is 10.7. The van der Waals surface area contributed by atoms with Gasteiger partial charge in [-0.2, -0.15) is 0 Å². The first-order valence-electron chi connectivity index (χ1n) is 5.92. The maximum Gasteiger partial charge on any atom is 0.221 e. The molecule has 0 fully saturated rings. The molecule has 3 heteroatoms. The number of halogens is 1. The largest absolute Gasteiger partial charge is 0.477 e. The van der Waals surface area contributed by atoms with E-state index in [1.54, 1.807) is 6.20 Å². The van der Waals surface area contributed by atoms with Crippen molar-refractivity contribution < 1.29 is 4.74 Å². The molecule has 2 aromatic rings. The predicted octanol–water partition coefficient (Wildman–Crippen LogP) is 4.15. The zero-order chi connectivity index (χ0) is 12.1. The van der Waals surface area contributed by atoms with Crippen molar-refractivity contribution in [2.75, 3.05) is 6.61 Å². The number of unbranched alkanes of at least 4 members (excludes halogenated alkanes) is 1. The molecule has 0 amide bonds. The van der Waals surface area contributed by atoms with Gasteiger partial charge in [-0.05, 0) is 23.4 Å². The van der Waals surface area contributed by atoms with Crippen LogP contribution in [0.3, 0.4) is 0 Å². The van der Waals surface area contributed by atoms with Crippen LogP contribution in [0.4, 0.5) is 0 Å². The van der Waals surface area contributed by atoms with Crippen LogP contribution in [0.25, 0.3) is 10.8 Å². The highest BCUT2D eigenvalue weighted by atomic mass is 35.5. The molecule has 1 heterocycles. The minimum atomic E-state index is 0.475. The van der Waals surface area contributed by atoms with Crippen LogP contribution in [0.2, 0.25) is 0 Å². The average Bonchev–Trinajstić information content (AvgIpc) is 2.39. The van der Waals surface area contributed by atoms with Gasteiger partial charge in [0.1, 0.15) is 0 Å². The van der Waals surface area contributed by atoms with Crippen LogP contribution in [0.15, 0.2) is 30.5 Å². The third-order valence-electron chi connectivity index (χ3n) is 2.72. The van der Waals surface area contributed by atoms with Crippen molar-refractivity contribution in [1.82, 2.24) is 4.98 Å². The van der Waals surface area contributed by atoms with Crippen molar-refractivity contribution in [3.05, 3.63) is 36.0 Å². The van der Waals surface area contributed by atoms with Crippen LogP contribution in [0.1, 0.15) is 25.3 Å². The Morgan fingerprint density at radius 1 is 1.24 bits per heavy atom. The Bertz CT molecular complexity index is 499. The summed E-state index contributed by atoms with van der Waals surface area (Å²) in [6, 6.07) is 8.09. The number of aromatic nitrogens is 1. The fourth-order valence-corrected chi connectivity index (χ4v) is 1.97. The molecule has 0 bridgehead atoms. The molecule has 0 unspecified atom stereocenters. The number of nitrogens with zero attached hydrogens (tertiary/aromatic N) is 1.